The molecule has 150 valence electrons. The number of alkyl halides is 1. The summed E-state index contributed by atoms with van der Waals surface area (Å²) in [7, 11) is 3.10. The number of aliphatic hydroxyl groups is 1. The van der Waals surface area contributed by atoms with E-state index in [1.165, 1.54) is 0 Å². The van der Waals surface area contributed by atoms with E-state index in [1.54, 1.807) is 70.1 Å². The van der Waals surface area contributed by atoms with Crippen LogP contribution < -0.4 is 0 Å². The second-order valence-electron chi connectivity index (χ2n) is 5.60. The summed E-state index contributed by atoms with van der Waals surface area (Å²) in [5.41, 5.74) is 2.66. The lowest BCUT2D eigenvalue weighted by molar-refractivity contribution is 0.0520. The van der Waals surface area contributed by atoms with E-state index in [2.05, 4.69) is 0 Å². The predicted octanol–water partition coefficient (Wildman–Crippen LogP) is 4.31. The van der Waals surface area contributed by atoms with E-state index in [1.807, 2.05) is 0 Å². The molecule has 0 fully saturated rings. The van der Waals surface area contributed by atoms with Crippen LogP contribution in [-0.4, -0.2) is 41.8 Å². The van der Waals surface area contributed by atoms with Crippen LogP contribution in [0.2, 0.25) is 0 Å². The van der Waals surface area contributed by atoms with Crippen molar-refractivity contribution >= 4 is 45.1 Å². The Labute approximate surface area is 177 Å². The zero-order valence-electron chi connectivity index (χ0n) is 15.1. The maximum absolute atomic E-state index is 11.9. The molecule has 2 aromatic rings. The van der Waals surface area contributed by atoms with Crippen molar-refractivity contribution in [2.24, 2.45) is 0 Å². The van der Waals surface area contributed by atoms with Crippen LogP contribution in [-0.2, 0) is 22.0 Å². The van der Waals surface area contributed by atoms with Crippen LogP contribution in [0, 0.1) is 0 Å². The molecule has 0 bridgehead atoms. The summed E-state index contributed by atoms with van der Waals surface area (Å²) in [6.07, 6.45) is 0. The van der Waals surface area contributed by atoms with E-state index in [4.69, 9.17) is 26.2 Å². The average Bonchev–Trinajstić information content (AvgIpc) is 2.75. The van der Waals surface area contributed by atoms with Gasteiger partial charge in [-0.1, -0.05) is 45.9 Å². The monoisotopic (exact) mass is 440 g/mol. The summed E-state index contributed by atoms with van der Waals surface area (Å²) >= 11 is 5.72. The Balaban J connectivity index is 1.53. The molecule has 0 heterocycles. The van der Waals surface area contributed by atoms with Crippen molar-refractivity contribution in [2.45, 2.75) is 12.5 Å². The third-order valence-electron chi connectivity index (χ3n) is 3.60. The highest BCUT2D eigenvalue weighted by Gasteiger charge is 2.08. The predicted molar refractivity (Wildman–Crippen MR) is 114 cm³/mol. The largest absolute Gasteiger partial charge is 0.461 e. The van der Waals surface area contributed by atoms with Crippen molar-refractivity contribution < 1.29 is 24.2 Å². The highest BCUT2D eigenvalue weighted by Crippen LogP contribution is 2.20. The van der Waals surface area contributed by atoms with Gasteiger partial charge in [-0.2, -0.15) is 0 Å². The van der Waals surface area contributed by atoms with Gasteiger partial charge < -0.3 is 14.6 Å². The molecule has 8 heteroatoms. The van der Waals surface area contributed by atoms with Gasteiger partial charge in [-0.05, 0) is 35.4 Å². The van der Waals surface area contributed by atoms with Gasteiger partial charge in [-0.3, -0.25) is 0 Å². The third kappa shape index (κ3) is 7.75. The second-order valence-corrected chi connectivity index (χ2v) is 8.57. The molecule has 0 spiro atoms. The molecule has 0 aromatic heterocycles. The molecule has 28 heavy (non-hydrogen) atoms. The second kappa shape index (κ2) is 12.7. The fraction of sp³-hybridized carbons (Fsp3) is 0.300. The molecule has 0 saturated heterocycles. The molecule has 0 aliphatic rings. The molecule has 0 atom stereocenters. The molecule has 0 unspecified atom stereocenters. The fourth-order valence-electron chi connectivity index (χ4n) is 2.10. The Bertz CT molecular complexity index is 685. The van der Waals surface area contributed by atoms with Gasteiger partial charge in [0, 0.05) is 17.4 Å². The van der Waals surface area contributed by atoms with Gasteiger partial charge >= 0.3 is 11.9 Å². The molecule has 2 aromatic carbocycles. The number of benzene rings is 2. The zero-order valence-corrected chi connectivity index (χ0v) is 17.5. The minimum atomic E-state index is -0.385. The number of aliphatic hydroxyl groups excluding tert-OH is 1. The summed E-state index contributed by atoms with van der Waals surface area (Å²) < 4.78 is 10.4. The molecule has 2 rings (SSSR count). The van der Waals surface area contributed by atoms with Crippen molar-refractivity contribution in [3.05, 3.63) is 70.8 Å². The molecule has 0 radical (unpaired) electrons. The minimum Gasteiger partial charge on any atom is -0.461 e. The molecule has 0 saturated carbocycles. The quantitative estimate of drug-likeness (QED) is 0.241. The van der Waals surface area contributed by atoms with E-state index in [-0.39, 0.29) is 18.5 Å². The first-order chi connectivity index (χ1) is 13.6. The highest BCUT2D eigenvalue weighted by atomic mass is 35.5. The Hall–Kier alpha value is -1.67. The van der Waals surface area contributed by atoms with Crippen molar-refractivity contribution in [3.63, 3.8) is 0 Å². The number of hydrogen-bond acceptors (Lipinski definition) is 7. The molecule has 0 aliphatic heterocycles. The van der Waals surface area contributed by atoms with Crippen LogP contribution in [0.3, 0.4) is 0 Å². The summed E-state index contributed by atoms with van der Waals surface area (Å²) in [6.45, 7) is 0.550. The maximum Gasteiger partial charge on any atom is 0.338 e. The maximum atomic E-state index is 11.9. The van der Waals surface area contributed by atoms with Crippen LogP contribution in [0.25, 0.3) is 0 Å². The van der Waals surface area contributed by atoms with Crippen LogP contribution in [0.1, 0.15) is 31.8 Å². The van der Waals surface area contributed by atoms with E-state index in [0.29, 0.717) is 41.7 Å². The van der Waals surface area contributed by atoms with Gasteiger partial charge in [0.05, 0.1) is 17.7 Å². The zero-order chi connectivity index (χ0) is 20.2. The first kappa shape index (κ1) is 22.6. The fourth-order valence-corrected chi connectivity index (χ4v) is 3.93. The third-order valence-corrected chi connectivity index (χ3v) is 6.24. The minimum absolute atomic E-state index is 0.0567. The summed E-state index contributed by atoms with van der Waals surface area (Å²) in [4.78, 5) is 23.8. The summed E-state index contributed by atoms with van der Waals surface area (Å²) in [5.74, 6) is 0.956. The molecule has 0 aliphatic carbocycles. The number of carbonyl (C=O) groups is 2. The van der Waals surface area contributed by atoms with Crippen molar-refractivity contribution in [2.75, 3.05) is 24.7 Å². The Morgan fingerprint density at radius 3 is 1.61 bits per heavy atom. The Kier molecular flexibility index (Phi) is 10.3. The number of carbonyl (C=O) groups excluding carboxylic acids is 2. The van der Waals surface area contributed by atoms with Crippen molar-refractivity contribution in [1.82, 2.24) is 0 Å². The van der Waals surface area contributed by atoms with Crippen LogP contribution >= 0.6 is 33.2 Å². The Morgan fingerprint density at radius 2 is 1.21 bits per heavy atom. The smallest absolute Gasteiger partial charge is 0.338 e. The first-order valence-electron chi connectivity index (χ1n) is 8.57. The number of halogens is 1. The lowest BCUT2D eigenvalue weighted by atomic mass is 10.1. The van der Waals surface area contributed by atoms with E-state index in [0.717, 1.165) is 11.1 Å². The summed E-state index contributed by atoms with van der Waals surface area (Å²) in [6, 6.07) is 13.7. The van der Waals surface area contributed by atoms with E-state index in [9.17, 15) is 9.59 Å². The van der Waals surface area contributed by atoms with Crippen molar-refractivity contribution in [3.8, 4) is 0 Å². The molecule has 1 N–H and O–H groups in total. The van der Waals surface area contributed by atoms with Gasteiger partial charge in [-0.25, -0.2) is 9.59 Å². The van der Waals surface area contributed by atoms with E-state index >= 15 is 0 Å². The van der Waals surface area contributed by atoms with Crippen LogP contribution in [0.4, 0.5) is 0 Å². The SMILES string of the molecule is O=C(OCCSSCCOC(=O)c1ccc(CCl)cc1)c1ccc(CO)cc1. The standard InChI is InChI=1S/C20H21ClO5S2/c21-13-15-1-5-17(6-2-15)19(23)25-9-11-27-28-12-10-26-20(24)18-7-3-16(14-22)4-8-18/h1-8,22H,9-14H2. The van der Waals surface area contributed by atoms with Crippen LogP contribution in [0.5, 0.6) is 0 Å². The van der Waals surface area contributed by atoms with E-state index < -0.39 is 0 Å². The molecule has 0 amide bonds. The molecule has 5 nitrogen and oxygen atoms in total. The van der Waals surface area contributed by atoms with Gasteiger partial charge in [0.15, 0.2) is 0 Å². The summed E-state index contributed by atoms with van der Waals surface area (Å²) in [5, 5.41) is 8.98. The Morgan fingerprint density at radius 1 is 0.786 bits per heavy atom. The number of rotatable bonds is 11. The highest BCUT2D eigenvalue weighted by molar-refractivity contribution is 8.76. The van der Waals surface area contributed by atoms with Gasteiger partial charge in [-0.15, -0.1) is 11.6 Å². The molecular weight excluding hydrogens is 420 g/mol. The number of esters is 2. The van der Waals surface area contributed by atoms with Gasteiger partial charge in [0.2, 0.25) is 0 Å². The number of hydrogen-bond donors (Lipinski definition) is 1. The first-order valence-corrected chi connectivity index (χ1v) is 11.6. The average molecular weight is 441 g/mol. The van der Waals surface area contributed by atoms with Crippen molar-refractivity contribution in [1.29, 1.82) is 0 Å². The molecular formula is C20H21ClO5S2. The van der Waals surface area contributed by atoms with Gasteiger partial charge in [0.25, 0.3) is 0 Å². The topological polar surface area (TPSA) is 72.8 Å². The van der Waals surface area contributed by atoms with Crippen LogP contribution in [0.15, 0.2) is 48.5 Å². The normalized spacial score (nSPS) is 10.5. The number of ether oxygens (including phenoxy) is 2. The lowest BCUT2D eigenvalue weighted by Crippen LogP contribution is -2.08. The van der Waals surface area contributed by atoms with Gasteiger partial charge in [0.1, 0.15) is 13.2 Å². The lowest BCUT2D eigenvalue weighted by Gasteiger charge is -2.06.